The lowest BCUT2D eigenvalue weighted by atomic mass is 9.94. The summed E-state index contributed by atoms with van der Waals surface area (Å²) in [6.07, 6.45) is 5.68. The number of aromatic amines is 1. The maximum atomic E-state index is 12.0. The molecule has 0 aliphatic heterocycles. The lowest BCUT2D eigenvalue weighted by Crippen LogP contribution is -2.26. The van der Waals surface area contributed by atoms with Crippen molar-refractivity contribution in [1.82, 2.24) is 14.5 Å². The topological polar surface area (TPSA) is 50.7 Å². The van der Waals surface area contributed by atoms with Crippen LogP contribution in [0.15, 0.2) is 17.1 Å². The van der Waals surface area contributed by atoms with Gasteiger partial charge in [-0.1, -0.05) is 11.6 Å². The number of nitrogens with one attached hydrogen (secondary N) is 1. The first-order valence-electron chi connectivity index (χ1n) is 6.09. The van der Waals surface area contributed by atoms with E-state index in [1.165, 1.54) is 0 Å². The number of thiol groups is 1. The van der Waals surface area contributed by atoms with Gasteiger partial charge in [0.05, 0.1) is 17.2 Å². The summed E-state index contributed by atoms with van der Waals surface area (Å²) < 4.78 is 1.82. The van der Waals surface area contributed by atoms with Crippen LogP contribution in [-0.2, 0) is 0 Å². The molecule has 0 saturated heterocycles. The van der Waals surface area contributed by atoms with E-state index in [9.17, 15) is 4.79 Å². The van der Waals surface area contributed by atoms with Crippen molar-refractivity contribution >= 4 is 35.3 Å². The number of imidazole rings is 1. The van der Waals surface area contributed by atoms with E-state index in [4.69, 9.17) is 11.6 Å². The van der Waals surface area contributed by atoms with Gasteiger partial charge in [-0.15, -0.1) is 0 Å². The summed E-state index contributed by atoms with van der Waals surface area (Å²) in [5, 5.41) is 0.880. The molecule has 1 aliphatic carbocycles. The van der Waals surface area contributed by atoms with Crippen LogP contribution < -0.4 is 5.69 Å². The van der Waals surface area contributed by atoms with Gasteiger partial charge in [0.2, 0.25) is 0 Å². The monoisotopic (exact) mass is 283 g/mol. The molecule has 0 unspecified atom stereocenters. The van der Waals surface area contributed by atoms with E-state index in [2.05, 4.69) is 22.6 Å². The van der Waals surface area contributed by atoms with E-state index in [-0.39, 0.29) is 11.7 Å². The largest absolute Gasteiger partial charge is 0.326 e. The highest BCUT2D eigenvalue weighted by Gasteiger charge is 2.23. The molecule has 0 atom stereocenters. The van der Waals surface area contributed by atoms with Crippen LogP contribution in [0.5, 0.6) is 0 Å². The van der Waals surface area contributed by atoms with Crippen molar-refractivity contribution in [2.24, 2.45) is 0 Å². The lowest BCUT2D eigenvalue weighted by molar-refractivity contribution is 0.361. The second-order valence-electron chi connectivity index (χ2n) is 4.79. The minimum Gasteiger partial charge on any atom is -0.304 e. The highest BCUT2D eigenvalue weighted by Crippen LogP contribution is 2.32. The number of halogens is 1. The second kappa shape index (κ2) is 4.63. The summed E-state index contributed by atoms with van der Waals surface area (Å²) in [6.45, 7) is 0. The van der Waals surface area contributed by atoms with E-state index >= 15 is 0 Å². The van der Waals surface area contributed by atoms with Gasteiger partial charge in [0, 0.05) is 17.4 Å². The molecule has 4 nitrogen and oxygen atoms in total. The van der Waals surface area contributed by atoms with Crippen LogP contribution in [0.2, 0.25) is 5.15 Å². The standard InChI is InChI=1S/C12H14ClN3OS/c13-11-5-10-9(6-14-11)15-12(17)16(10)7-1-3-8(18)4-2-7/h5-8,18H,1-4H2,(H,15,17). The number of hydrogen-bond donors (Lipinski definition) is 2. The normalized spacial score (nSPS) is 24.6. The number of rotatable bonds is 1. The molecule has 18 heavy (non-hydrogen) atoms. The first-order valence-corrected chi connectivity index (χ1v) is 6.98. The van der Waals surface area contributed by atoms with E-state index in [0.717, 1.165) is 36.7 Å². The molecule has 3 rings (SSSR count). The predicted octanol–water partition coefficient (Wildman–Crippen LogP) is 2.79. The lowest BCUT2D eigenvalue weighted by Gasteiger charge is -2.26. The van der Waals surface area contributed by atoms with Gasteiger partial charge < -0.3 is 4.98 Å². The number of hydrogen-bond acceptors (Lipinski definition) is 3. The van der Waals surface area contributed by atoms with Crippen LogP contribution in [0.3, 0.4) is 0 Å². The van der Waals surface area contributed by atoms with Crippen LogP contribution in [-0.4, -0.2) is 19.8 Å². The molecular formula is C12H14ClN3OS. The number of fused-ring (bicyclic) bond motifs is 1. The second-order valence-corrected chi connectivity index (χ2v) is 5.90. The van der Waals surface area contributed by atoms with Crippen molar-refractivity contribution in [3.05, 3.63) is 27.9 Å². The number of nitrogens with zero attached hydrogens (tertiary/aromatic N) is 2. The summed E-state index contributed by atoms with van der Waals surface area (Å²) in [4.78, 5) is 18.9. The maximum absolute atomic E-state index is 12.0. The van der Waals surface area contributed by atoms with Gasteiger partial charge in [0.25, 0.3) is 0 Å². The molecule has 1 N–H and O–H groups in total. The molecular weight excluding hydrogens is 270 g/mol. The average Bonchev–Trinajstić information content (AvgIpc) is 2.66. The third-order valence-electron chi connectivity index (χ3n) is 3.60. The van der Waals surface area contributed by atoms with Gasteiger partial charge in [0.1, 0.15) is 5.15 Å². The Kier molecular flexibility index (Phi) is 3.11. The molecule has 2 aromatic rings. The molecule has 2 aromatic heterocycles. The van der Waals surface area contributed by atoms with Gasteiger partial charge >= 0.3 is 5.69 Å². The first-order chi connectivity index (χ1) is 8.65. The van der Waals surface area contributed by atoms with E-state index in [0.29, 0.717) is 10.4 Å². The molecule has 0 aromatic carbocycles. The molecule has 0 spiro atoms. The van der Waals surface area contributed by atoms with Gasteiger partial charge in [0.15, 0.2) is 0 Å². The Morgan fingerprint density at radius 1 is 1.39 bits per heavy atom. The number of pyridine rings is 1. The molecule has 1 aliphatic rings. The Labute approximate surface area is 115 Å². The Morgan fingerprint density at radius 3 is 2.83 bits per heavy atom. The van der Waals surface area contributed by atoms with E-state index in [1.807, 2.05) is 4.57 Å². The Hall–Kier alpha value is -0.940. The minimum atomic E-state index is -0.0725. The Balaban J connectivity index is 2.08. The molecule has 0 bridgehead atoms. The fraction of sp³-hybridized carbons (Fsp3) is 0.500. The maximum Gasteiger partial charge on any atom is 0.326 e. The molecule has 0 radical (unpaired) electrons. The van der Waals surface area contributed by atoms with Crippen molar-refractivity contribution in [3.8, 4) is 0 Å². The zero-order valence-corrected chi connectivity index (χ0v) is 11.4. The van der Waals surface area contributed by atoms with Gasteiger partial charge in [-0.05, 0) is 25.7 Å². The third kappa shape index (κ3) is 2.06. The van der Waals surface area contributed by atoms with Crippen LogP contribution in [0.4, 0.5) is 0 Å². The van der Waals surface area contributed by atoms with Crippen LogP contribution in [0, 0.1) is 0 Å². The molecule has 1 saturated carbocycles. The van der Waals surface area contributed by atoms with Crippen molar-refractivity contribution < 1.29 is 0 Å². The molecule has 0 amide bonds. The van der Waals surface area contributed by atoms with Gasteiger partial charge in [-0.25, -0.2) is 9.78 Å². The Morgan fingerprint density at radius 2 is 2.11 bits per heavy atom. The first kappa shape index (κ1) is 12.1. The highest BCUT2D eigenvalue weighted by molar-refractivity contribution is 7.80. The molecule has 2 heterocycles. The summed E-state index contributed by atoms with van der Waals surface area (Å²) in [7, 11) is 0. The van der Waals surface area contributed by atoms with Crippen molar-refractivity contribution in [2.75, 3.05) is 0 Å². The summed E-state index contributed by atoms with van der Waals surface area (Å²) >= 11 is 10.4. The SMILES string of the molecule is O=c1[nH]c2cnc(Cl)cc2n1C1CCC(S)CC1. The van der Waals surface area contributed by atoms with E-state index < -0.39 is 0 Å². The zero-order chi connectivity index (χ0) is 12.7. The van der Waals surface area contributed by atoms with E-state index in [1.54, 1.807) is 12.3 Å². The third-order valence-corrected chi connectivity index (χ3v) is 4.32. The van der Waals surface area contributed by atoms with Gasteiger partial charge in [-0.3, -0.25) is 4.57 Å². The summed E-state index contributed by atoms with van der Waals surface area (Å²) in [5.74, 6) is 0. The minimum absolute atomic E-state index is 0.0725. The highest BCUT2D eigenvalue weighted by atomic mass is 35.5. The van der Waals surface area contributed by atoms with Crippen molar-refractivity contribution in [3.63, 3.8) is 0 Å². The predicted molar refractivity (Wildman–Crippen MR) is 75.6 cm³/mol. The summed E-state index contributed by atoms with van der Waals surface area (Å²) in [6, 6.07) is 2.00. The van der Waals surface area contributed by atoms with Crippen LogP contribution in [0.25, 0.3) is 11.0 Å². The summed E-state index contributed by atoms with van der Waals surface area (Å²) in [5.41, 5.74) is 1.52. The fourth-order valence-corrected chi connectivity index (χ4v) is 3.13. The quantitative estimate of drug-likeness (QED) is 0.625. The molecule has 96 valence electrons. The average molecular weight is 284 g/mol. The van der Waals surface area contributed by atoms with Gasteiger partial charge in [-0.2, -0.15) is 12.6 Å². The fourth-order valence-electron chi connectivity index (χ4n) is 2.68. The van der Waals surface area contributed by atoms with Crippen molar-refractivity contribution in [2.45, 2.75) is 37.0 Å². The molecule has 1 fully saturated rings. The Bertz CT molecular complexity index is 628. The smallest absolute Gasteiger partial charge is 0.304 e. The number of aromatic nitrogens is 3. The van der Waals surface area contributed by atoms with Crippen LogP contribution in [0.1, 0.15) is 31.7 Å². The molecule has 6 heteroatoms. The van der Waals surface area contributed by atoms with Crippen LogP contribution >= 0.6 is 24.2 Å². The zero-order valence-electron chi connectivity index (χ0n) is 9.77. The number of H-pyrrole nitrogens is 1. The van der Waals surface area contributed by atoms with Crippen molar-refractivity contribution in [1.29, 1.82) is 0 Å².